The molecule has 0 bridgehead atoms. The zero-order valence-electron chi connectivity index (χ0n) is 9.87. The molecule has 0 aliphatic heterocycles. The Morgan fingerprint density at radius 2 is 2.06 bits per heavy atom. The fourth-order valence-corrected chi connectivity index (χ4v) is 1.84. The molecule has 90 valence electrons. The zero-order chi connectivity index (χ0) is 12.1. The summed E-state index contributed by atoms with van der Waals surface area (Å²) in [4.78, 5) is 0. The van der Waals surface area contributed by atoms with Gasteiger partial charge in [0, 0.05) is 17.6 Å². The molecule has 0 radical (unpaired) electrons. The molecular weight excluding hydrogens is 270 g/mol. The summed E-state index contributed by atoms with van der Waals surface area (Å²) in [6.07, 6.45) is 0.797. The topological polar surface area (TPSA) is 44.5 Å². The number of ether oxygens (including phenoxy) is 2. The molecule has 0 saturated heterocycles. The van der Waals surface area contributed by atoms with E-state index in [0.29, 0.717) is 0 Å². The van der Waals surface area contributed by atoms with Crippen LogP contribution in [0, 0.1) is 0 Å². The Bertz CT molecular complexity index is 344. The van der Waals surface area contributed by atoms with Crippen LogP contribution in [0.1, 0.15) is 12.5 Å². The van der Waals surface area contributed by atoms with Gasteiger partial charge in [0.2, 0.25) is 0 Å². The van der Waals surface area contributed by atoms with Crippen LogP contribution in [0.15, 0.2) is 22.7 Å². The van der Waals surface area contributed by atoms with E-state index in [0.717, 1.165) is 22.2 Å². The Balaban J connectivity index is 2.79. The highest BCUT2D eigenvalue weighted by molar-refractivity contribution is 9.10. The molecule has 0 fully saturated rings. The molecule has 2 N–H and O–H groups in total. The van der Waals surface area contributed by atoms with Gasteiger partial charge >= 0.3 is 0 Å². The lowest BCUT2D eigenvalue weighted by atomic mass is 10.0. The van der Waals surface area contributed by atoms with Crippen molar-refractivity contribution in [2.24, 2.45) is 5.73 Å². The summed E-state index contributed by atoms with van der Waals surface area (Å²) in [5.41, 5.74) is 7.17. The third-order valence-corrected chi connectivity index (χ3v) is 3.46. The van der Waals surface area contributed by atoms with Crippen molar-refractivity contribution in [3.05, 3.63) is 28.2 Å². The van der Waals surface area contributed by atoms with Gasteiger partial charge in [0.25, 0.3) is 0 Å². The van der Waals surface area contributed by atoms with Crippen LogP contribution in [0.2, 0.25) is 0 Å². The van der Waals surface area contributed by atoms with Gasteiger partial charge in [0.15, 0.2) is 0 Å². The average Bonchev–Trinajstić information content (AvgIpc) is 2.30. The van der Waals surface area contributed by atoms with Crippen LogP contribution < -0.4 is 10.5 Å². The van der Waals surface area contributed by atoms with Crippen molar-refractivity contribution in [1.29, 1.82) is 0 Å². The molecule has 1 rings (SSSR count). The Kier molecular flexibility index (Phi) is 5.25. The predicted octanol–water partition coefficient (Wildman–Crippen LogP) is 2.36. The van der Waals surface area contributed by atoms with E-state index < -0.39 is 0 Å². The SMILES string of the molecule is COc1ccc(Br)c(CC(N)C(C)OC)c1. The molecule has 0 amide bonds. The Morgan fingerprint density at radius 3 is 2.62 bits per heavy atom. The van der Waals surface area contributed by atoms with Crippen molar-refractivity contribution in [2.75, 3.05) is 14.2 Å². The molecule has 2 atom stereocenters. The molecular formula is C12H18BrNO2. The van der Waals surface area contributed by atoms with Crippen LogP contribution >= 0.6 is 15.9 Å². The first-order valence-corrected chi connectivity index (χ1v) is 5.98. The van der Waals surface area contributed by atoms with E-state index in [2.05, 4.69) is 15.9 Å². The molecule has 0 spiro atoms. The van der Waals surface area contributed by atoms with E-state index >= 15 is 0 Å². The summed E-state index contributed by atoms with van der Waals surface area (Å²) < 4.78 is 11.4. The van der Waals surface area contributed by atoms with E-state index in [1.165, 1.54) is 0 Å². The molecule has 1 aromatic rings. The van der Waals surface area contributed by atoms with E-state index in [9.17, 15) is 0 Å². The second-order valence-electron chi connectivity index (χ2n) is 3.77. The highest BCUT2D eigenvalue weighted by Crippen LogP contribution is 2.23. The first-order valence-electron chi connectivity index (χ1n) is 5.19. The van der Waals surface area contributed by atoms with Gasteiger partial charge in [0.1, 0.15) is 5.75 Å². The molecule has 0 aromatic heterocycles. The van der Waals surface area contributed by atoms with Gasteiger partial charge in [-0.1, -0.05) is 15.9 Å². The third kappa shape index (κ3) is 3.47. The quantitative estimate of drug-likeness (QED) is 0.904. The zero-order valence-corrected chi connectivity index (χ0v) is 11.5. The van der Waals surface area contributed by atoms with Crippen LogP contribution in [0.3, 0.4) is 0 Å². The molecule has 0 aliphatic carbocycles. The van der Waals surface area contributed by atoms with Crippen molar-refractivity contribution in [2.45, 2.75) is 25.5 Å². The lowest BCUT2D eigenvalue weighted by Crippen LogP contribution is -2.35. The van der Waals surface area contributed by atoms with Crippen LogP contribution in [-0.2, 0) is 11.2 Å². The van der Waals surface area contributed by atoms with E-state index in [-0.39, 0.29) is 12.1 Å². The van der Waals surface area contributed by atoms with Crippen LogP contribution in [0.25, 0.3) is 0 Å². The molecule has 0 saturated carbocycles. The number of methoxy groups -OCH3 is 2. The van der Waals surface area contributed by atoms with E-state index in [1.54, 1.807) is 14.2 Å². The number of halogens is 1. The van der Waals surface area contributed by atoms with Gasteiger partial charge in [-0.25, -0.2) is 0 Å². The first kappa shape index (κ1) is 13.5. The van der Waals surface area contributed by atoms with Crippen molar-refractivity contribution < 1.29 is 9.47 Å². The highest BCUT2D eigenvalue weighted by atomic mass is 79.9. The Labute approximate surface area is 105 Å². The predicted molar refractivity (Wildman–Crippen MR) is 68.8 cm³/mol. The lowest BCUT2D eigenvalue weighted by molar-refractivity contribution is 0.0955. The van der Waals surface area contributed by atoms with Crippen molar-refractivity contribution >= 4 is 15.9 Å². The lowest BCUT2D eigenvalue weighted by Gasteiger charge is -2.19. The highest BCUT2D eigenvalue weighted by Gasteiger charge is 2.14. The molecule has 4 heteroatoms. The standard InChI is InChI=1S/C12H18BrNO2/c1-8(15-2)12(14)7-9-6-10(16-3)4-5-11(9)13/h4-6,8,12H,7,14H2,1-3H3. The smallest absolute Gasteiger partial charge is 0.119 e. The van der Waals surface area contributed by atoms with E-state index in [4.69, 9.17) is 15.2 Å². The van der Waals surface area contributed by atoms with Gasteiger partial charge in [-0.3, -0.25) is 0 Å². The van der Waals surface area contributed by atoms with Crippen LogP contribution in [0.5, 0.6) is 5.75 Å². The van der Waals surface area contributed by atoms with Crippen molar-refractivity contribution in [3.8, 4) is 5.75 Å². The molecule has 3 nitrogen and oxygen atoms in total. The monoisotopic (exact) mass is 287 g/mol. The van der Waals surface area contributed by atoms with E-state index in [1.807, 2.05) is 25.1 Å². The normalized spacial score (nSPS) is 14.6. The maximum atomic E-state index is 6.03. The van der Waals surface area contributed by atoms with Gasteiger partial charge < -0.3 is 15.2 Å². The summed E-state index contributed by atoms with van der Waals surface area (Å²) >= 11 is 3.51. The fourth-order valence-electron chi connectivity index (χ4n) is 1.43. The maximum absolute atomic E-state index is 6.03. The average molecular weight is 288 g/mol. The minimum atomic E-state index is -0.0200. The second-order valence-corrected chi connectivity index (χ2v) is 4.62. The minimum absolute atomic E-state index is 0.0200. The summed E-state index contributed by atoms with van der Waals surface area (Å²) in [6.45, 7) is 1.97. The number of benzene rings is 1. The molecule has 1 aromatic carbocycles. The van der Waals surface area contributed by atoms with Crippen molar-refractivity contribution in [1.82, 2.24) is 0 Å². The van der Waals surface area contributed by atoms with Gasteiger partial charge in [-0.2, -0.15) is 0 Å². The molecule has 2 unspecified atom stereocenters. The second kappa shape index (κ2) is 6.23. The summed E-state index contributed by atoms with van der Waals surface area (Å²) in [5, 5.41) is 0. The fraction of sp³-hybridized carbons (Fsp3) is 0.500. The first-order chi connectivity index (χ1) is 7.58. The largest absolute Gasteiger partial charge is 0.497 e. The van der Waals surface area contributed by atoms with Crippen LogP contribution in [0.4, 0.5) is 0 Å². The number of hydrogen-bond acceptors (Lipinski definition) is 3. The summed E-state index contributed by atoms with van der Waals surface area (Å²) in [5.74, 6) is 0.843. The van der Waals surface area contributed by atoms with Crippen molar-refractivity contribution in [3.63, 3.8) is 0 Å². The Hall–Kier alpha value is -0.580. The molecule has 0 heterocycles. The maximum Gasteiger partial charge on any atom is 0.119 e. The van der Waals surface area contributed by atoms with Gasteiger partial charge in [-0.05, 0) is 37.1 Å². The van der Waals surface area contributed by atoms with Gasteiger partial charge in [-0.15, -0.1) is 0 Å². The Morgan fingerprint density at radius 1 is 1.38 bits per heavy atom. The van der Waals surface area contributed by atoms with Crippen LogP contribution in [-0.4, -0.2) is 26.4 Å². The van der Waals surface area contributed by atoms with Gasteiger partial charge in [0.05, 0.1) is 13.2 Å². The summed E-state index contributed by atoms with van der Waals surface area (Å²) in [6, 6.07) is 5.86. The molecule has 16 heavy (non-hydrogen) atoms. The number of rotatable bonds is 5. The number of hydrogen-bond donors (Lipinski definition) is 1. The molecule has 0 aliphatic rings. The minimum Gasteiger partial charge on any atom is -0.497 e. The third-order valence-electron chi connectivity index (χ3n) is 2.68. The number of nitrogens with two attached hydrogens (primary N) is 1. The summed E-state index contributed by atoms with van der Waals surface area (Å²) in [7, 11) is 3.33.